The van der Waals surface area contributed by atoms with Gasteiger partial charge in [0.2, 0.25) is 0 Å². The first kappa shape index (κ1) is 15.7. The summed E-state index contributed by atoms with van der Waals surface area (Å²) < 4.78 is 0. The lowest BCUT2D eigenvalue weighted by molar-refractivity contribution is 0.0365. The number of halogens is 1. The Morgan fingerprint density at radius 3 is 2.33 bits per heavy atom. The molecule has 0 fully saturated rings. The zero-order valence-corrected chi connectivity index (χ0v) is 13.2. The molecule has 0 aliphatic heterocycles. The van der Waals surface area contributed by atoms with Crippen LogP contribution in [0.15, 0.2) is 30.3 Å². The first-order valence-electron chi connectivity index (χ1n) is 6.52. The largest absolute Gasteiger partial charge is 0.389 e. The summed E-state index contributed by atoms with van der Waals surface area (Å²) in [7, 11) is 0. The molecular formula is C15H24BrNO. The van der Waals surface area contributed by atoms with Gasteiger partial charge in [-0.1, -0.05) is 53.2 Å². The molecule has 0 aliphatic carbocycles. The molecule has 0 amide bonds. The van der Waals surface area contributed by atoms with Crippen LogP contribution in [0.4, 0.5) is 0 Å². The van der Waals surface area contributed by atoms with Crippen LogP contribution in [0.2, 0.25) is 0 Å². The van der Waals surface area contributed by atoms with Crippen molar-refractivity contribution >= 4 is 15.9 Å². The second kappa shape index (κ2) is 7.27. The maximum atomic E-state index is 9.92. The van der Waals surface area contributed by atoms with Crippen LogP contribution in [-0.2, 0) is 0 Å². The summed E-state index contributed by atoms with van der Waals surface area (Å²) in [5.74, 6) is 0.466. The second-order valence-corrected chi connectivity index (χ2v) is 6.05. The van der Waals surface area contributed by atoms with Crippen molar-refractivity contribution in [2.24, 2.45) is 0 Å². The van der Waals surface area contributed by atoms with Crippen LogP contribution in [0, 0.1) is 0 Å². The Morgan fingerprint density at radius 2 is 1.89 bits per heavy atom. The van der Waals surface area contributed by atoms with Gasteiger partial charge in [0.15, 0.2) is 0 Å². The lowest BCUT2D eigenvalue weighted by atomic mass is 10.00. The van der Waals surface area contributed by atoms with Crippen LogP contribution in [0.1, 0.15) is 32.3 Å². The van der Waals surface area contributed by atoms with Gasteiger partial charge in [-0.15, -0.1) is 0 Å². The highest BCUT2D eigenvalue weighted by Gasteiger charge is 2.20. The highest BCUT2D eigenvalue weighted by molar-refractivity contribution is 9.09. The number of hydrogen-bond donors (Lipinski definition) is 1. The van der Waals surface area contributed by atoms with Crippen molar-refractivity contribution in [2.75, 3.05) is 25.0 Å². The number of nitrogens with zero attached hydrogens (tertiary/aromatic N) is 1. The molecule has 0 radical (unpaired) electrons. The second-order valence-electron chi connectivity index (χ2n) is 5.40. The monoisotopic (exact) mass is 313 g/mol. The Hall–Kier alpha value is -0.380. The summed E-state index contributed by atoms with van der Waals surface area (Å²) in [5.41, 5.74) is 0.715. The molecule has 0 saturated heterocycles. The van der Waals surface area contributed by atoms with Crippen molar-refractivity contribution in [3.8, 4) is 0 Å². The highest BCUT2D eigenvalue weighted by atomic mass is 79.9. The molecule has 3 heteroatoms. The van der Waals surface area contributed by atoms with Gasteiger partial charge < -0.3 is 10.0 Å². The first-order chi connectivity index (χ1) is 8.46. The highest BCUT2D eigenvalue weighted by Crippen LogP contribution is 2.20. The van der Waals surface area contributed by atoms with Gasteiger partial charge in [-0.25, -0.2) is 0 Å². The van der Waals surface area contributed by atoms with Gasteiger partial charge in [-0.05, 0) is 26.0 Å². The third-order valence-electron chi connectivity index (χ3n) is 2.99. The lowest BCUT2D eigenvalue weighted by Gasteiger charge is -2.30. The Kier molecular flexibility index (Phi) is 6.33. The van der Waals surface area contributed by atoms with Crippen molar-refractivity contribution in [3.05, 3.63) is 35.9 Å². The minimum Gasteiger partial charge on any atom is -0.389 e. The van der Waals surface area contributed by atoms with E-state index in [-0.39, 0.29) is 0 Å². The van der Waals surface area contributed by atoms with Crippen molar-refractivity contribution in [3.63, 3.8) is 0 Å². The van der Waals surface area contributed by atoms with E-state index in [9.17, 15) is 5.11 Å². The topological polar surface area (TPSA) is 23.5 Å². The summed E-state index contributed by atoms with van der Waals surface area (Å²) >= 11 is 3.60. The van der Waals surface area contributed by atoms with Gasteiger partial charge >= 0.3 is 0 Å². The number of alkyl halides is 1. The fraction of sp³-hybridized carbons (Fsp3) is 0.600. The number of likely N-dealkylation sites (N-methyl/N-ethyl adjacent to an activating group) is 1. The molecule has 1 aromatic carbocycles. The molecular weight excluding hydrogens is 290 g/mol. The number of aliphatic hydroxyl groups is 1. The molecule has 1 unspecified atom stereocenters. The van der Waals surface area contributed by atoms with Crippen molar-refractivity contribution in [1.29, 1.82) is 0 Å². The van der Waals surface area contributed by atoms with Crippen LogP contribution < -0.4 is 0 Å². The van der Waals surface area contributed by atoms with Gasteiger partial charge in [-0.2, -0.15) is 0 Å². The summed E-state index contributed by atoms with van der Waals surface area (Å²) in [6, 6.07) is 10.5. The van der Waals surface area contributed by atoms with Crippen LogP contribution in [0.25, 0.3) is 0 Å². The summed E-state index contributed by atoms with van der Waals surface area (Å²) in [5, 5.41) is 10.9. The third kappa shape index (κ3) is 5.51. The molecule has 0 aromatic heterocycles. The zero-order valence-electron chi connectivity index (χ0n) is 11.6. The van der Waals surface area contributed by atoms with E-state index in [1.165, 1.54) is 5.56 Å². The molecule has 0 spiro atoms. The molecule has 2 nitrogen and oxygen atoms in total. The van der Waals surface area contributed by atoms with E-state index >= 15 is 0 Å². The molecule has 0 saturated carbocycles. The average Bonchev–Trinajstić information content (AvgIpc) is 2.34. The maximum Gasteiger partial charge on any atom is 0.0718 e. The first-order valence-corrected chi connectivity index (χ1v) is 7.64. The Balaban J connectivity index is 2.67. The maximum absolute atomic E-state index is 9.92. The van der Waals surface area contributed by atoms with Gasteiger partial charge in [0.25, 0.3) is 0 Å². The van der Waals surface area contributed by atoms with Gasteiger partial charge in [0.05, 0.1) is 5.60 Å². The van der Waals surface area contributed by atoms with E-state index in [1.807, 2.05) is 19.9 Å². The SMILES string of the molecule is CCN(CC(CBr)c1ccccc1)CC(C)(C)O. The Morgan fingerprint density at radius 1 is 1.28 bits per heavy atom. The Bertz CT molecular complexity index is 334. The van der Waals surface area contributed by atoms with E-state index in [4.69, 9.17) is 0 Å². The minimum atomic E-state index is -0.635. The summed E-state index contributed by atoms with van der Waals surface area (Å²) in [6.07, 6.45) is 0. The predicted molar refractivity (Wildman–Crippen MR) is 81.4 cm³/mol. The molecule has 0 bridgehead atoms. The molecule has 1 aromatic rings. The van der Waals surface area contributed by atoms with E-state index in [0.29, 0.717) is 12.5 Å². The van der Waals surface area contributed by atoms with Crippen LogP contribution >= 0.6 is 15.9 Å². The quantitative estimate of drug-likeness (QED) is 0.781. The van der Waals surface area contributed by atoms with Crippen LogP contribution in [0.5, 0.6) is 0 Å². The predicted octanol–water partition coefficient (Wildman–Crippen LogP) is 3.26. The number of benzene rings is 1. The van der Waals surface area contributed by atoms with E-state index in [0.717, 1.165) is 18.4 Å². The van der Waals surface area contributed by atoms with Crippen LogP contribution in [0.3, 0.4) is 0 Å². The Labute approximate surface area is 119 Å². The van der Waals surface area contributed by atoms with Crippen molar-refractivity contribution in [1.82, 2.24) is 4.90 Å². The molecule has 1 rings (SSSR count). The summed E-state index contributed by atoms with van der Waals surface area (Å²) in [6.45, 7) is 8.50. The summed E-state index contributed by atoms with van der Waals surface area (Å²) in [4.78, 5) is 2.30. The van der Waals surface area contributed by atoms with Crippen molar-refractivity contribution in [2.45, 2.75) is 32.3 Å². The number of hydrogen-bond acceptors (Lipinski definition) is 2. The molecule has 18 heavy (non-hydrogen) atoms. The zero-order chi connectivity index (χ0) is 13.6. The third-order valence-corrected chi connectivity index (χ3v) is 3.78. The molecule has 0 aliphatic rings. The molecule has 1 atom stereocenters. The minimum absolute atomic E-state index is 0.466. The molecule has 1 N–H and O–H groups in total. The van der Waals surface area contributed by atoms with E-state index in [1.54, 1.807) is 0 Å². The van der Waals surface area contributed by atoms with Crippen LogP contribution in [-0.4, -0.2) is 40.6 Å². The van der Waals surface area contributed by atoms with E-state index in [2.05, 4.69) is 52.0 Å². The average molecular weight is 314 g/mol. The smallest absolute Gasteiger partial charge is 0.0718 e. The van der Waals surface area contributed by atoms with Gasteiger partial charge in [0.1, 0.15) is 0 Å². The van der Waals surface area contributed by atoms with Crippen molar-refractivity contribution < 1.29 is 5.11 Å². The molecule has 102 valence electrons. The van der Waals surface area contributed by atoms with Gasteiger partial charge in [-0.3, -0.25) is 0 Å². The normalized spacial score (nSPS) is 13.9. The fourth-order valence-corrected chi connectivity index (χ4v) is 2.71. The fourth-order valence-electron chi connectivity index (χ4n) is 2.13. The molecule has 0 heterocycles. The lowest BCUT2D eigenvalue weighted by Crippen LogP contribution is -2.40. The van der Waals surface area contributed by atoms with Gasteiger partial charge in [0, 0.05) is 24.3 Å². The number of rotatable bonds is 7. The van der Waals surface area contributed by atoms with E-state index < -0.39 is 5.60 Å². The standard InChI is InChI=1S/C15H24BrNO/c1-4-17(12-15(2,3)18)11-14(10-16)13-8-6-5-7-9-13/h5-9,14,18H,4,10-12H2,1-3H3.